The van der Waals surface area contributed by atoms with E-state index in [4.69, 9.17) is 4.99 Å². The van der Waals surface area contributed by atoms with Crippen molar-refractivity contribution in [3.8, 4) is 0 Å². The number of nitrogens with zero attached hydrogens (tertiary/aromatic N) is 1. The molecule has 0 amide bonds. The zero-order valence-electron chi connectivity index (χ0n) is 12.0. The first kappa shape index (κ1) is 14.2. The fourth-order valence-corrected chi connectivity index (χ4v) is 4.43. The predicted octanol–water partition coefficient (Wildman–Crippen LogP) is 4.21. The van der Waals surface area contributed by atoms with Gasteiger partial charge in [-0.15, -0.1) is 0 Å². The molecule has 3 heteroatoms. The third-order valence-electron chi connectivity index (χ3n) is 4.22. The minimum Gasteiger partial charge on any atom is -0.359 e. The highest BCUT2D eigenvalue weighted by molar-refractivity contribution is 8.14. The number of amidine groups is 1. The highest BCUT2D eigenvalue weighted by atomic mass is 32.2. The van der Waals surface area contributed by atoms with Crippen LogP contribution in [0.4, 0.5) is 0 Å². The first-order valence-corrected chi connectivity index (χ1v) is 8.68. The van der Waals surface area contributed by atoms with E-state index in [1.165, 1.54) is 62.3 Å². The molecule has 1 aliphatic heterocycles. The van der Waals surface area contributed by atoms with E-state index in [1.54, 1.807) is 0 Å². The van der Waals surface area contributed by atoms with Crippen molar-refractivity contribution in [1.82, 2.24) is 5.32 Å². The van der Waals surface area contributed by atoms with Crippen LogP contribution in [0.2, 0.25) is 0 Å². The molecular weight excluding hydrogens is 240 g/mol. The Balaban J connectivity index is 1.75. The Labute approximate surface area is 116 Å². The van der Waals surface area contributed by atoms with E-state index in [0.29, 0.717) is 5.54 Å². The highest BCUT2D eigenvalue weighted by Gasteiger charge is 2.40. The van der Waals surface area contributed by atoms with Crippen LogP contribution in [0.5, 0.6) is 0 Å². The molecule has 1 heterocycles. The van der Waals surface area contributed by atoms with Crippen LogP contribution >= 0.6 is 11.8 Å². The lowest BCUT2D eigenvalue weighted by molar-refractivity contribution is 0.242. The van der Waals surface area contributed by atoms with Crippen molar-refractivity contribution in [2.75, 3.05) is 12.3 Å². The first-order chi connectivity index (χ1) is 8.74. The summed E-state index contributed by atoms with van der Waals surface area (Å²) >= 11 is 1.95. The summed E-state index contributed by atoms with van der Waals surface area (Å²) < 4.78 is 0. The van der Waals surface area contributed by atoms with E-state index in [2.05, 4.69) is 19.2 Å². The van der Waals surface area contributed by atoms with Gasteiger partial charge >= 0.3 is 0 Å². The van der Waals surface area contributed by atoms with Gasteiger partial charge in [0.2, 0.25) is 0 Å². The topological polar surface area (TPSA) is 24.4 Å². The number of rotatable bonds is 5. The summed E-state index contributed by atoms with van der Waals surface area (Å²) in [4.78, 5) is 4.74. The van der Waals surface area contributed by atoms with Gasteiger partial charge < -0.3 is 5.32 Å². The van der Waals surface area contributed by atoms with Crippen molar-refractivity contribution < 1.29 is 0 Å². The highest BCUT2D eigenvalue weighted by Crippen LogP contribution is 2.38. The molecule has 2 aliphatic rings. The van der Waals surface area contributed by atoms with Gasteiger partial charge in [-0.2, -0.15) is 0 Å². The van der Waals surface area contributed by atoms with Crippen LogP contribution in [0.15, 0.2) is 4.99 Å². The quantitative estimate of drug-likeness (QED) is 0.755. The fourth-order valence-electron chi connectivity index (χ4n) is 3.21. The molecule has 2 rings (SSSR count). The van der Waals surface area contributed by atoms with Crippen LogP contribution in [0, 0.1) is 5.92 Å². The van der Waals surface area contributed by atoms with Crippen LogP contribution in [0.25, 0.3) is 0 Å². The average molecular weight is 268 g/mol. The minimum absolute atomic E-state index is 0.393. The second kappa shape index (κ2) is 6.83. The summed E-state index contributed by atoms with van der Waals surface area (Å²) in [6.07, 6.45) is 10.7. The molecule has 2 atom stereocenters. The lowest BCUT2D eigenvalue weighted by Crippen LogP contribution is -2.47. The summed E-state index contributed by atoms with van der Waals surface area (Å²) in [5.74, 6) is 2.13. The molecule has 1 N–H and O–H groups in total. The number of thioether (sulfide) groups is 1. The number of unbranched alkanes of at least 4 members (excludes halogenated alkanes) is 3. The zero-order chi connectivity index (χ0) is 12.8. The molecule has 1 spiro atoms. The maximum atomic E-state index is 4.74. The van der Waals surface area contributed by atoms with Gasteiger partial charge in [0, 0.05) is 17.8 Å². The van der Waals surface area contributed by atoms with Gasteiger partial charge in [0.15, 0.2) is 5.17 Å². The van der Waals surface area contributed by atoms with E-state index in [1.807, 2.05) is 11.8 Å². The lowest BCUT2D eigenvalue weighted by atomic mass is 9.78. The number of nitrogens with one attached hydrogen (secondary N) is 1. The van der Waals surface area contributed by atoms with Gasteiger partial charge in [0.25, 0.3) is 0 Å². The fraction of sp³-hybridized carbons (Fsp3) is 0.933. The predicted molar refractivity (Wildman–Crippen MR) is 82.4 cm³/mol. The summed E-state index contributed by atoms with van der Waals surface area (Å²) in [6.45, 7) is 5.67. The molecule has 2 fully saturated rings. The molecule has 1 aliphatic carbocycles. The Kier molecular flexibility index (Phi) is 5.40. The molecule has 0 radical (unpaired) electrons. The molecule has 0 aromatic carbocycles. The Hall–Kier alpha value is -0.180. The number of hydrogen-bond donors (Lipinski definition) is 1. The van der Waals surface area contributed by atoms with Gasteiger partial charge in [-0.25, -0.2) is 0 Å². The van der Waals surface area contributed by atoms with Crippen molar-refractivity contribution in [3.05, 3.63) is 0 Å². The summed E-state index contributed by atoms with van der Waals surface area (Å²) in [6, 6.07) is 0. The van der Waals surface area contributed by atoms with Crippen LogP contribution in [-0.4, -0.2) is 23.0 Å². The van der Waals surface area contributed by atoms with Crippen LogP contribution in [0.1, 0.15) is 65.2 Å². The molecule has 1 saturated carbocycles. The first-order valence-electron chi connectivity index (χ1n) is 7.69. The minimum atomic E-state index is 0.393. The zero-order valence-corrected chi connectivity index (χ0v) is 12.8. The molecule has 1 saturated heterocycles. The molecule has 0 aromatic rings. The normalized spacial score (nSPS) is 34.1. The van der Waals surface area contributed by atoms with Gasteiger partial charge in [0.1, 0.15) is 0 Å². The monoisotopic (exact) mass is 268 g/mol. The van der Waals surface area contributed by atoms with E-state index in [0.717, 1.165) is 12.5 Å². The molecular formula is C15H28N2S. The molecule has 0 bridgehead atoms. The Morgan fingerprint density at radius 3 is 3.06 bits per heavy atom. The van der Waals surface area contributed by atoms with Gasteiger partial charge in [-0.3, -0.25) is 4.99 Å². The Morgan fingerprint density at radius 2 is 2.28 bits per heavy atom. The lowest BCUT2D eigenvalue weighted by Gasteiger charge is -2.36. The number of hydrogen-bond acceptors (Lipinski definition) is 2. The average Bonchev–Trinajstić information content (AvgIpc) is 2.72. The van der Waals surface area contributed by atoms with E-state index in [-0.39, 0.29) is 0 Å². The van der Waals surface area contributed by atoms with Crippen molar-refractivity contribution in [2.45, 2.75) is 70.8 Å². The van der Waals surface area contributed by atoms with Gasteiger partial charge in [-0.05, 0) is 25.2 Å². The number of aliphatic imine (C=N–C) groups is 1. The second-order valence-electron chi connectivity index (χ2n) is 6.14. The van der Waals surface area contributed by atoms with Crippen molar-refractivity contribution in [3.63, 3.8) is 0 Å². The second-order valence-corrected chi connectivity index (χ2v) is 7.11. The Morgan fingerprint density at radius 1 is 1.39 bits per heavy atom. The Bertz CT molecular complexity index is 290. The van der Waals surface area contributed by atoms with Gasteiger partial charge in [0.05, 0.1) is 0 Å². The van der Waals surface area contributed by atoms with Gasteiger partial charge in [-0.1, -0.05) is 57.7 Å². The standard InChI is InChI=1S/C15H28N2S/c1-3-4-5-6-10-16-14-17-15(12-18-14)9-7-8-13(2)11-15/h13H,3-12H2,1-2H3,(H,16,17). The summed E-state index contributed by atoms with van der Waals surface area (Å²) in [7, 11) is 0. The van der Waals surface area contributed by atoms with Crippen LogP contribution < -0.4 is 5.32 Å². The molecule has 18 heavy (non-hydrogen) atoms. The summed E-state index contributed by atoms with van der Waals surface area (Å²) in [5.41, 5.74) is 0.393. The smallest absolute Gasteiger partial charge is 0.157 e. The summed E-state index contributed by atoms with van der Waals surface area (Å²) in [5, 5.41) is 4.96. The molecule has 0 aromatic heterocycles. The molecule has 104 valence electrons. The molecule has 2 unspecified atom stereocenters. The molecule has 2 nitrogen and oxygen atoms in total. The van der Waals surface area contributed by atoms with Crippen molar-refractivity contribution in [1.29, 1.82) is 0 Å². The van der Waals surface area contributed by atoms with E-state index < -0.39 is 0 Å². The largest absolute Gasteiger partial charge is 0.359 e. The van der Waals surface area contributed by atoms with Crippen LogP contribution in [0.3, 0.4) is 0 Å². The maximum Gasteiger partial charge on any atom is 0.157 e. The van der Waals surface area contributed by atoms with E-state index >= 15 is 0 Å². The van der Waals surface area contributed by atoms with Crippen LogP contribution in [-0.2, 0) is 0 Å². The third kappa shape index (κ3) is 3.91. The van der Waals surface area contributed by atoms with E-state index in [9.17, 15) is 0 Å². The maximum absolute atomic E-state index is 4.74. The van der Waals surface area contributed by atoms with Crippen molar-refractivity contribution >= 4 is 16.9 Å². The third-order valence-corrected chi connectivity index (χ3v) is 5.42. The van der Waals surface area contributed by atoms with Crippen molar-refractivity contribution in [2.24, 2.45) is 10.9 Å². The SMILES string of the molecule is CCCCCCN=C1NC2(CCCC(C)C2)CS1.